The van der Waals surface area contributed by atoms with E-state index in [-0.39, 0.29) is 83.7 Å². The van der Waals surface area contributed by atoms with Crippen LogP contribution in [0.2, 0.25) is 51.4 Å². The number of carbonyl (C=O) groups is 2. The van der Waals surface area contributed by atoms with E-state index in [1.54, 1.807) is 34.3 Å². The average molecular weight is 1440 g/mol. The maximum Gasteiger partial charge on any atom is 0.410 e. The standard InChI is InChI=1S/2C32H43F3N8O4SSi/c2*1-19-29(40-15-22-12-21(40)16-41(22)30(44)47-31(2,3)4)48-28(38-19)25-23(13-32(33,34)35)26(43(39-25)18-46-9-10-49(6,7)8)20-11-24(45-5)27-36-17-37-42(27)14-20/h2*11,14,17,21-22H,9-10,12-13,15-16,18H2,1-8H3/t2*21-,22-/m00/s1. The van der Waals surface area contributed by atoms with E-state index in [0.29, 0.717) is 94.7 Å². The highest BCUT2D eigenvalue weighted by Crippen LogP contribution is 2.48. The van der Waals surface area contributed by atoms with E-state index >= 15 is 0 Å². The predicted octanol–water partition coefficient (Wildman–Crippen LogP) is 13.3. The second-order valence-electron chi connectivity index (χ2n) is 29.8. The number of aryl methyl sites for hydroxylation is 2. The quantitative estimate of drug-likeness (QED) is 0.0393. The number of alkyl halides is 6. The fourth-order valence-electron chi connectivity index (χ4n) is 12.8. The molecular weight excluding hydrogens is 1360 g/mol. The molecule has 12 heterocycles. The van der Waals surface area contributed by atoms with Crippen LogP contribution in [0, 0.1) is 13.8 Å². The molecule has 4 aliphatic rings. The molecule has 24 nitrogen and oxygen atoms in total. The fraction of sp³-hybridized carbons (Fsp3) is 0.594. The first-order valence-electron chi connectivity index (χ1n) is 32.5. The Labute approximate surface area is 574 Å². The van der Waals surface area contributed by atoms with Gasteiger partial charge in [0, 0.05) is 102 Å². The maximum absolute atomic E-state index is 14.4. The van der Waals surface area contributed by atoms with Crippen LogP contribution in [0.4, 0.5) is 45.9 Å². The summed E-state index contributed by atoms with van der Waals surface area (Å²) in [5.41, 5.74) is 2.71. The summed E-state index contributed by atoms with van der Waals surface area (Å²) in [5, 5.41) is 20.5. The lowest BCUT2D eigenvalue weighted by molar-refractivity contribution is -0.128. The smallest absolute Gasteiger partial charge is 0.410 e. The van der Waals surface area contributed by atoms with Gasteiger partial charge in [-0.15, -0.1) is 0 Å². The minimum absolute atomic E-state index is 0.0119. The largest absolute Gasteiger partial charge is 0.493 e. The van der Waals surface area contributed by atoms with E-state index in [4.69, 9.17) is 48.6 Å². The van der Waals surface area contributed by atoms with Gasteiger partial charge in [-0.1, -0.05) is 62.0 Å². The van der Waals surface area contributed by atoms with E-state index < -0.39 is 52.5 Å². The molecule has 8 aromatic heterocycles. The number of thiazole rings is 2. The first-order valence-corrected chi connectivity index (χ1v) is 41.6. The van der Waals surface area contributed by atoms with Crippen LogP contribution in [0.5, 0.6) is 11.5 Å². The van der Waals surface area contributed by atoms with Crippen LogP contribution >= 0.6 is 22.7 Å². The molecule has 4 fully saturated rings. The van der Waals surface area contributed by atoms with Crippen molar-refractivity contribution in [3.8, 4) is 55.4 Å². The number of halogens is 6. The number of ether oxygens (including phenoxy) is 6. The van der Waals surface area contributed by atoms with Crippen LogP contribution in [-0.2, 0) is 45.3 Å². The van der Waals surface area contributed by atoms with E-state index in [1.165, 1.54) is 67.9 Å². The molecule has 4 aliphatic heterocycles. The summed E-state index contributed by atoms with van der Waals surface area (Å²) in [6, 6.07) is 5.14. The summed E-state index contributed by atoms with van der Waals surface area (Å²) in [5.74, 6) is 0.720. The topological polar surface area (TPSA) is 224 Å². The van der Waals surface area contributed by atoms with Gasteiger partial charge in [0.1, 0.15) is 68.7 Å². The van der Waals surface area contributed by atoms with Crippen molar-refractivity contribution in [2.45, 2.75) is 194 Å². The molecule has 532 valence electrons. The third-order valence-electron chi connectivity index (χ3n) is 17.2. The Morgan fingerprint density at radius 3 is 1.27 bits per heavy atom. The molecule has 0 saturated carbocycles. The molecule has 0 aliphatic carbocycles. The maximum atomic E-state index is 14.4. The highest BCUT2D eigenvalue weighted by Gasteiger charge is 2.50. The number of rotatable bonds is 20. The zero-order valence-corrected chi connectivity index (χ0v) is 61.8. The molecule has 12 rings (SSSR count). The van der Waals surface area contributed by atoms with E-state index in [0.717, 1.165) is 34.9 Å². The second-order valence-corrected chi connectivity index (χ2v) is 43.0. The van der Waals surface area contributed by atoms with Crippen LogP contribution in [0.25, 0.3) is 55.2 Å². The van der Waals surface area contributed by atoms with Crippen molar-refractivity contribution in [2.24, 2.45) is 0 Å². The molecule has 34 heteroatoms. The highest BCUT2D eigenvalue weighted by molar-refractivity contribution is 7.19. The van der Waals surface area contributed by atoms with Gasteiger partial charge in [-0.2, -0.15) is 46.7 Å². The number of anilines is 2. The predicted molar refractivity (Wildman–Crippen MR) is 366 cm³/mol. The Balaban J connectivity index is 0.000000198. The number of fused-ring (bicyclic) bond motifs is 6. The van der Waals surface area contributed by atoms with Gasteiger partial charge < -0.3 is 48.0 Å². The fourth-order valence-corrected chi connectivity index (χ4v) is 16.6. The second kappa shape index (κ2) is 27.3. The van der Waals surface area contributed by atoms with E-state index in [9.17, 15) is 35.9 Å². The first kappa shape index (κ1) is 71.9. The monoisotopic (exact) mass is 1440 g/mol. The zero-order valence-electron chi connectivity index (χ0n) is 58.2. The van der Waals surface area contributed by atoms with Crippen LogP contribution in [0.1, 0.15) is 76.9 Å². The third kappa shape index (κ3) is 16.2. The Hall–Kier alpha value is -7.41. The molecule has 0 aromatic carbocycles. The number of pyridine rings is 2. The molecule has 8 aromatic rings. The average Bonchev–Trinajstić information content (AvgIpc) is 1.60. The lowest BCUT2D eigenvalue weighted by atomic mass is 10.0. The van der Waals surface area contributed by atoms with Crippen LogP contribution in [0.3, 0.4) is 0 Å². The number of likely N-dealkylation sites (tertiary alicyclic amines) is 2. The number of carbonyl (C=O) groups excluding carboxylic acids is 2. The summed E-state index contributed by atoms with van der Waals surface area (Å²) in [6.45, 7) is 31.2. The van der Waals surface area contributed by atoms with Crippen molar-refractivity contribution in [1.29, 1.82) is 0 Å². The summed E-state index contributed by atoms with van der Waals surface area (Å²) in [6.07, 6.45) is -4.65. The van der Waals surface area contributed by atoms with Gasteiger partial charge in [0.25, 0.3) is 0 Å². The normalized spacial score (nSPS) is 18.3. The van der Waals surface area contributed by atoms with E-state index in [2.05, 4.69) is 69.2 Å². The van der Waals surface area contributed by atoms with Gasteiger partial charge in [-0.3, -0.25) is 0 Å². The molecular formula is C64H86F6N16O8S2Si2. The number of amides is 2. The summed E-state index contributed by atoms with van der Waals surface area (Å²) >= 11 is 2.64. The Morgan fingerprint density at radius 2 is 0.949 bits per heavy atom. The van der Waals surface area contributed by atoms with Crippen LogP contribution in [0.15, 0.2) is 37.2 Å². The van der Waals surface area contributed by atoms with Crippen molar-refractivity contribution in [1.82, 2.24) is 68.5 Å². The van der Waals surface area contributed by atoms with Gasteiger partial charge in [0.05, 0.1) is 61.9 Å². The molecule has 0 unspecified atom stereocenters. The molecule has 4 saturated heterocycles. The molecule has 0 N–H and O–H groups in total. The molecule has 2 amide bonds. The molecule has 4 bridgehead atoms. The molecule has 4 atom stereocenters. The lowest BCUT2D eigenvalue weighted by Gasteiger charge is -2.35. The Morgan fingerprint density at radius 1 is 0.571 bits per heavy atom. The van der Waals surface area contributed by atoms with Crippen molar-refractivity contribution >= 4 is 72.3 Å². The third-order valence-corrected chi connectivity index (χ3v) is 23.0. The number of piperazine rings is 2. The van der Waals surface area contributed by atoms with Crippen molar-refractivity contribution in [3.63, 3.8) is 0 Å². The number of methoxy groups -OCH3 is 2. The van der Waals surface area contributed by atoms with Gasteiger partial charge in [0.15, 0.2) is 22.8 Å². The zero-order chi connectivity index (χ0) is 70.9. The Kier molecular flexibility index (Phi) is 20.0. The highest BCUT2D eigenvalue weighted by atomic mass is 32.1. The number of hydrogen-bond acceptors (Lipinski definition) is 20. The summed E-state index contributed by atoms with van der Waals surface area (Å²) in [4.78, 5) is 51.7. The number of nitrogens with zero attached hydrogens (tertiary/aromatic N) is 16. The number of hydrogen-bond donors (Lipinski definition) is 0. The SMILES string of the molecule is COc1cc(-c2c(CC(F)(F)F)c(-c3nc(C)c(N4C[C@@H]5C[C@H]4CN5C(=O)OC(C)(C)C)s3)nn2COCC[Si](C)(C)C)cn2ncnc12.COc1cc(-c2c(CC(F)(F)F)c(-c3nc(C)c(N4C[C@@H]5C[C@H]4CN5C(=O)OC(C)(C)C)s3)nn2COCC[Si](C)(C)C)cn2ncnc12. The minimum Gasteiger partial charge on any atom is -0.493 e. The van der Waals surface area contributed by atoms with Gasteiger partial charge in [-0.05, 0) is 92.5 Å². The summed E-state index contributed by atoms with van der Waals surface area (Å²) < 4.78 is 127. The van der Waals surface area contributed by atoms with Crippen molar-refractivity contribution in [3.05, 3.63) is 59.7 Å². The van der Waals surface area contributed by atoms with Crippen LogP contribution in [-0.4, -0.2) is 198 Å². The van der Waals surface area contributed by atoms with Gasteiger partial charge in [0.2, 0.25) is 0 Å². The lowest BCUT2D eigenvalue weighted by Crippen LogP contribution is -2.50. The summed E-state index contributed by atoms with van der Waals surface area (Å²) in [7, 11) is 0.108. The Bertz CT molecular complexity index is 3950. The molecule has 0 radical (unpaired) electrons. The van der Waals surface area contributed by atoms with E-state index in [1.807, 2.05) is 55.4 Å². The van der Waals surface area contributed by atoms with Gasteiger partial charge in [-0.25, -0.2) is 47.9 Å². The number of aromatic nitrogens is 12. The molecule has 0 spiro atoms. The first-order chi connectivity index (χ1) is 45.8. The molecule has 98 heavy (non-hydrogen) atoms. The van der Waals surface area contributed by atoms with Crippen LogP contribution < -0.4 is 19.3 Å². The van der Waals surface area contributed by atoms with Crippen molar-refractivity contribution in [2.75, 3.05) is 63.4 Å². The minimum atomic E-state index is -4.54. The van der Waals surface area contributed by atoms with Gasteiger partial charge >= 0.3 is 24.5 Å². The van der Waals surface area contributed by atoms with Crippen molar-refractivity contribution < 1.29 is 64.4 Å².